The van der Waals surface area contributed by atoms with Crippen molar-refractivity contribution in [3.8, 4) is 0 Å². The quantitative estimate of drug-likeness (QED) is 0.516. The van der Waals surface area contributed by atoms with Crippen LogP contribution in [0.2, 0.25) is 0 Å². The van der Waals surface area contributed by atoms with Gasteiger partial charge in [-0.1, -0.05) is 60.2 Å². The summed E-state index contributed by atoms with van der Waals surface area (Å²) in [5.41, 5.74) is 4.40. The van der Waals surface area contributed by atoms with Crippen molar-refractivity contribution in [2.24, 2.45) is 5.10 Å². The van der Waals surface area contributed by atoms with Gasteiger partial charge in [0.15, 0.2) is 0 Å². The van der Waals surface area contributed by atoms with Crippen LogP contribution in [0.3, 0.4) is 0 Å². The van der Waals surface area contributed by atoms with Crippen molar-refractivity contribution in [1.82, 2.24) is 4.41 Å². The summed E-state index contributed by atoms with van der Waals surface area (Å²) in [6.07, 6.45) is 0.397. The van der Waals surface area contributed by atoms with Crippen LogP contribution in [0.5, 0.6) is 0 Å². The molecule has 9 heteroatoms. The minimum Gasteiger partial charge on any atom is -0.284 e. The molecule has 0 radical (unpaired) electrons. The van der Waals surface area contributed by atoms with Gasteiger partial charge in [-0.25, -0.2) is 8.42 Å². The minimum absolute atomic E-state index is 0.0224. The monoisotopic (exact) mass is 497 g/mol. The van der Waals surface area contributed by atoms with Gasteiger partial charge >= 0.3 is 0 Å². The minimum atomic E-state index is -3.90. The van der Waals surface area contributed by atoms with Gasteiger partial charge in [0, 0.05) is 12.1 Å². The molecule has 3 aromatic rings. The van der Waals surface area contributed by atoms with Crippen LogP contribution < -0.4 is 4.72 Å². The summed E-state index contributed by atoms with van der Waals surface area (Å²) in [6, 6.07) is 21.0. The number of benzene rings is 3. The van der Waals surface area contributed by atoms with Crippen molar-refractivity contribution < 1.29 is 16.8 Å². The van der Waals surface area contributed by atoms with Crippen LogP contribution in [0, 0.1) is 13.8 Å². The molecule has 178 valence electrons. The van der Waals surface area contributed by atoms with Gasteiger partial charge < -0.3 is 0 Å². The Morgan fingerprint density at radius 1 is 0.912 bits per heavy atom. The summed E-state index contributed by atoms with van der Waals surface area (Å²) in [4.78, 5) is 0.224. The third-order valence-corrected chi connectivity index (χ3v) is 8.97. The predicted octanol–water partition coefficient (Wildman–Crippen LogP) is 4.61. The zero-order valence-corrected chi connectivity index (χ0v) is 20.9. The average Bonchev–Trinajstić information content (AvgIpc) is 3.26. The van der Waals surface area contributed by atoms with Crippen LogP contribution in [0.1, 0.15) is 41.6 Å². The summed E-state index contributed by atoms with van der Waals surface area (Å²) in [5, 5.41) is 4.57. The number of rotatable bonds is 7. The number of hydrogen-bond acceptors (Lipinski definition) is 5. The second-order valence-corrected chi connectivity index (χ2v) is 12.1. The molecule has 34 heavy (non-hydrogen) atoms. The molecule has 7 nitrogen and oxygen atoms in total. The molecule has 0 aromatic heterocycles. The van der Waals surface area contributed by atoms with E-state index in [9.17, 15) is 16.8 Å². The van der Waals surface area contributed by atoms with Gasteiger partial charge in [0.05, 0.1) is 22.4 Å². The first kappa shape index (κ1) is 24.0. The van der Waals surface area contributed by atoms with E-state index >= 15 is 0 Å². The molecule has 0 spiro atoms. The number of hydrogen-bond donors (Lipinski definition) is 1. The molecule has 0 fully saturated rings. The number of sulfonamides is 2. The second kappa shape index (κ2) is 9.23. The van der Waals surface area contributed by atoms with Gasteiger partial charge in [0.1, 0.15) is 0 Å². The van der Waals surface area contributed by atoms with Gasteiger partial charge in [-0.3, -0.25) is 4.72 Å². The second-order valence-electron chi connectivity index (χ2n) is 8.30. The smallest absolute Gasteiger partial charge is 0.279 e. The molecule has 4 rings (SSSR count). The van der Waals surface area contributed by atoms with Gasteiger partial charge in [0.25, 0.3) is 10.0 Å². The van der Waals surface area contributed by atoms with E-state index in [4.69, 9.17) is 0 Å². The molecule has 1 aliphatic rings. The predicted molar refractivity (Wildman–Crippen MR) is 135 cm³/mol. The van der Waals surface area contributed by atoms with E-state index in [1.54, 1.807) is 62.4 Å². The molecular formula is C25H27N3O4S2. The molecule has 0 amide bonds. The maximum Gasteiger partial charge on any atom is 0.279 e. The Morgan fingerprint density at radius 2 is 1.56 bits per heavy atom. The highest BCUT2D eigenvalue weighted by Gasteiger charge is 2.38. The molecule has 1 heterocycles. The van der Waals surface area contributed by atoms with Gasteiger partial charge in [0.2, 0.25) is 10.0 Å². The number of hydrazone groups is 1. The standard InChI is InChI=1S/C25H27N3O4S2/c1-4-33(29,30)27-22-15-13-20(14-16-22)23-17-24(21-11-9-18(2)10-12-21)28(26-23)34(31,32)25-8-6-5-7-19(25)3/h5-16,24,27H,4,17H2,1-3H3/t24-/m0/s1. The van der Waals surface area contributed by atoms with Gasteiger partial charge in [-0.2, -0.15) is 17.9 Å². The highest BCUT2D eigenvalue weighted by molar-refractivity contribution is 7.92. The third kappa shape index (κ3) is 4.85. The molecule has 1 atom stereocenters. The Bertz CT molecular complexity index is 1430. The topological polar surface area (TPSA) is 95.9 Å². The van der Waals surface area contributed by atoms with Gasteiger partial charge in [-0.15, -0.1) is 0 Å². The molecule has 3 aromatic carbocycles. The van der Waals surface area contributed by atoms with Crippen LogP contribution in [-0.4, -0.2) is 32.7 Å². The molecule has 0 saturated heterocycles. The van der Waals surface area contributed by atoms with Crippen molar-refractivity contribution in [3.05, 3.63) is 95.1 Å². The third-order valence-electron chi connectivity index (χ3n) is 5.82. The largest absolute Gasteiger partial charge is 0.284 e. The number of anilines is 1. The van der Waals surface area contributed by atoms with Crippen molar-refractivity contribution in [2.75, 3.05) is 10.5 Å². The van der Waals surface area contributed by atoms with Crippen LogP contribution >= 0.6 is 0 Å². The van der Waals surface area contributed by atoms with Crippen molar-refractivity contribution >= 4 is 31.4 Å². The SMILES string of the molecule is CCS(=O)(=O)Nc1ccc(C2=NN(S(=O)(=O)c3ccccc3C)[C@H](c3ccc(C)cc3)C2)cc1. The average molecular weight is 498 g/mol. The zero-order chi connectivity index (χ0) is 24.5. The molecule has 0 unspecified atom stereocenters. The Kier molecular flexibility index (Phi) is 6.51. The first-order valence-corrected chi connectivity index (χ1v) is 14.0. The van der Waals surface area contributed by atoms with Crippen molar-refractivity contribution in [2.45, 2.75) is 38.1 Å². The fraction of sp³-hybridized carbons (Fsp3) is 0.240. The highest BCUT2D eigenvalue weighted by atomic mass is 32.2. The van der Waals surface area contributed by atoms with E-state index in [1.807, 2.05) is 31.2 Å². The van der Waals surface area contributed by atoms with Crippen LogP contribution in [0.4, 0.5) is 5.69 Å². The van der Waals surface area contributed by atoms with Crippen LogP contribution in [0.25, 0.3) is 0 Å². The molecule has 1 N–H and O–H groups in total. The van der Waals surface area contributed by atoms with E-state index in [-0.39, 0.29) is 10.6 Å². The lowest BCUT2D eigenvalue weighted by molar-refractivity contribution is 0.371. The van der Waals surface area contributed by atoms with Crippen LogP contribution in [0.15, 0.2) is 82.8 Å². The number of nitrogens with zero attached hydrogens (tertiary/aromatic N) is 2. The Hall–Kier alpha value is -3.17. The van der Waals surface area contributed by atoms with Crippen LogP contribution in [-0.2, 0) is 20.0 Å². The van der Waals surface area contributed by atoms with Crippen molar-refractivity contribution in [3.63, 3.8) is 0 Å². The summed E-state index contributed by atoms with van der Waals surface area (Å²) < 4.78 is 54.7. The molecule has 0 saturated carbocycles. The summed E-state index contributed by atoms with van der Waals surface area (Å²) >= 11 is 0. The van der Waals surface area contributed by atoms with E-state index in [0.29, 0.717) is 23.4 Å². The highest BCUT2D eigenvalue weighted by Crippen LogP contribution is 2.38. The first-order valence-electron chi connectivity index (χ1n) is 11.0. The van der Waals surface area contributed by atoms with E-state index in [1.165, 1.54) is 4.41 Å². The molecule has 0 aliphatic carbocycles. The lowest BCUT2D eigenvalue weighted by Gasteiger charge is -2.24. The maximum absolute atomic E-state index is 13.7. The molecule has 1 aliphatic heterocycles. The Balaban J connectivity index is 1.73. The first-order chi connectivity index (χ1) is 16.1. The Morgan fingerprint density at radius 3 is 2.18 bits per heavy atom. The van der Waals surface area contributed by atoms with Gasteiger partial charge in [-0.05, 0) is 55.7 Å². The summed E-state index contributed by atoms with van der Waals surface area (Å²) in [5.74, 6) is -0.0224. The van der Waals surface area contributed by atoms with E-state index in [0.717, 1.165) is 16.7 Å². The molecular weight excluding hydrogens is 470 g/mol. The maximum atomic E-state index is 13.7. The number of nitrogens with one attached hydrogen (secondary N) is 1. The summed E-state index contributed by atoms with van der Waals surface area (Å²) in [7, 11) is -7.28. The normalized spacial score (nSPS) is 16.4. The van der Waals surface area contributed by atoms with E-state index in [2.05, 4.69) is 9.82 Å². The fourth-order valence-corrected chi connectivity index (χ4v) is 6.15. The fourth-order valence-electron chi connectivity index (χ4n) is 3.85. The summed E-state index contributed by atoms with van der Waals surface area (Å²) in [6.45, 7) is 5.32. The number of aryl methyl sites for hydroxylation is 2. The van der Waals surface area contributed by atoms with Crippen molar-refractivity contribution in [1.29, 1.82) is 0 Å². The zero-order valence-electron chi connectivity index (χ0n) is 19.3. The lowest BCUT2D eigenvalue weighted by Crippen LogP contribution is -2.27. The Labute approximate surface area is 201 Å². The lowest BCUT2D eigenvalue weighted by atomic mass is 9.98. The molecule has 0 bridgehead atoms. The van der Waals surface area contributed by atoms with E-state index < -0.39 is 26.1 Å².